The summed E-state index contributed by atoms with van der Waals surface area (Å²) in [5.74, 6) is -2.30. The molecule has 1 heterocycles. The molecule has 0 aromatic rings. The standard InChI is InChI=1S/C14H20N2O4/c1-4-6-11-12(7-5-8-15-11)16-9-10(13(17)19-2)14(18)20-3/h4,6,10,15H,1,5,7-9H2,2-3H3/b11-6+,16-12?. The third-order valence-electron chi connectivity index (χ3n) is 2.94. The van der Waals surface area contributed by atoms with Crippen molar-refractivity contribution in [3.8, 4) is 0 Å². The lowest BCUT2D eigenvalue weighted by Gasteiger charge is -2.19. The minimum Gasteiger partial charge on any atom is -0.468 e. The molecule has 0 unspecified atom stereocenters. The van der Waals surface area contributed by atoms with Crippen molar-refractivity contribution < 1.29 is 19.1 Å². The first-order valence-electron chi connectivity index (χ1n) is 6.40. The fraction of sp³-hybridized carbons (Fsp3) is 0.500. The molecule has 6 heteroatoms. The highest BCUT2D eigenvalue weighted by atomic mass is 16.5. The number of piperidine rings is 1. The molecule has 0 spiro atoms. The quantitative estimate of drug-likeness (QED) is 0.596. The summed E-state index contributed by atoms with van der Waals surface area (Å²) in [7, 11) is 2.47. The number of nitrogens with zero attached hydrogens (tertiary/aromatic N) is 1. The van der Waals surface area contributed by atoms with Gasteiger partial charge >= 0.3 is 11.9 Å². The van der Waals surface area contributed by atoms with Gasteiger partial charge in [0.25, 0.3) is 0 Å². The van der Waals surface area contributed by atoms with E-state index in [1.54, 1.807) is 6.08 Å². The number of carbonyl (C=O) groups excluding carboxylic acids is 2. The topological polar surface area (TPSA) is 77.0 Å². The maximum absolute atomic E-state index is 11.6. The summed E-state index contributed by atoms with van der Waals surface area (Å²) >= 11 is 0. The van der Waals surface area contributed by atoms with E-state index in [-0.39, 0.29) is 6.54 Å². The van der Waals surface area contributed by atoms with Crippen LogP contribution >= 0.6 is 0 Å². The van der Waals surface area contributed by atoms with E-state index in [0.717, 1.165) is 30.8 Å². The lowest BCUT2D eigenvalue weighted by molar-refractivity contribution is -0.158. The van der Waals surface area contributed by atoms with Gasteiger partial charge in [-0.15, -0.1) is 0 Å². The number of hydrogen-bond donors (Lipinski definition) is 1. The Morgan fingerprint density at radius 3 is 2.60 bits per heavy atom. The van der Waals surface area contributed by atoms with Crippen LogP contribution in [0.3, 0.4) is 0 Å². The maximum atomic E-state index is 11.6. The molecule has 110 valence electrons. The molecule has 0 aromatic heterocycles. The van der Waals surface area contributed by atoms with Crippen molar-refractivity contribution in [2.75, 3.05) is 27.3 Å². The van der Waals surface area contributed by atoms with Crippen molar-refractivity contribution >= 4 is 17.7 Å². The second-order valence-electron chi connectivity index (χ2n) is 4.23. The third-order valence-corrected chi connectivity index (χ3v) is 2.94. The number of aliphatic imine (C=N–C) groups is 1. The number of nitrogens with one attached hydrogen (secondary N) is 1. The van der Waals surface area contributed by atoms with E-state index in [1.165, 1.54) is 14.2 Å². The molecule has 0 radical (unpaired) electrons. The Labute approximate surface area is 118 Å². The second-order valence-corrected chi connectivity index (χ2v) is 4.23. The minimum absolute atomic E-state index is 0.0187. The fourth-order valence-corrected chi connectivity index (χ4v) is 1.88. The summed E-state index contributed by atoms with van der Waals surface area (Å²) in [4.78, 5) is 27.5. The Bertz CT molecular complexity index is 424. The highest BCUT2D eigenvalue weighted by Gasteiger charge is 2.28. The summed E-state index contributed by atoms with van der Waals surface area (Å²) in [6.07, 6.45) is 5.24. The SMILES string of the molecule is C=C/C=C1/NCCCC1=NCC(C(=O)OC)C(=O)OC. The number of rotatable bonds is 5. The van der Waals surface area contributed by atoms with Crippen molar-refractivity contribution in [2.45, 2.75) is 12.8 Å². The molecule has 0 aromatic carbocycles. The van der Waals surface area contributed by atoms with Crippen molar-refractivity contribution in [1.82, 2.24) is 5.32 Å². The van der Waals surface area contributed by atoms with E-state index in [4.69, 9.17) is 0 Å². The van der Waals surface area contributed by atoms with Crippen LogP contribution in [-0.4, -0.2) is 45.0 Å². The lowest BCUT2D eigenvalue weighted by Crippen LogP contribution is -2.31. The van der Waals surface area contributed by atoms with Gasteiger partial charge in [-0.3, -0.25) is 14.6 Å². The lowest BCUT2D eigenvalue weighted by atomic mass is 10.1. The largest absolute Gasteiger partial charge is 0.468 e. The van der Waals surface area contributed by atoms with E-state index in [0.29, 0.717) is 0 Å². The van der Waals surface area contributed by atoms with Crippen molar-refractivity contribution in [3.05, 3.63) is 24.4 Å². The number of carbonyl (C=O) groups is 2. The van der Waals surface area contributed by atoms with Gasteiger partial charge in [0.15, 0.2) is 5.92 Å². The highest BCUT2D eigenvalue weighted by Crippen LogP contribution is 2.11. The average molecular weight is 280 g/mol. The number of esters is 2. The first-order valence-corrected chi connectivity index (χ1v) is 6.40. The van der Waals surface area contributed by atoms with E-state index in [2.05, 4.69) is 26.4 Å². The van der Waals surface area contributed by atoms with E-state index < -0.39 is 17.9 Å². The van der Waals surface area contributed by atoms with Crippen molar-refractivity contribution in [2.24, 2.45) is 10.9 Å². The van der Waals surface area contributed by atoms with Crippen LogP contribution in [-0.2, 0) is 19.1 Å². The molecular weight excluding hydrogens is 260 g/mol. The van der Waals surface area contributed by atoms with E-state index in [1.807, 2.05) is 6.08 Å². The van der Waals surface area contributed by atoms with Gasteiger partial charge in [-0.2, -0.15) is 0 Å². The summed E-state index contributed by atoms with van der Waals surface area (Å²) in [5.41, 5.74) is 1.70. The van der Waals surface area contributed by atoms with Crippen LogP contribution in [0.25, 0.3) is 0 Å². The molecule has 0 atom stereocenters. The molecule has 0 bridgehead atoms. The Kier molecular flexibility index (Phi) is 6.49. The van der Waals surface area contributed by atoms with Gasteiger partial charge in [-0.25, -0.2) is 0 Å². The number of hydrogen-bond acceptors (Lipinski definition) is 6. The van der Waals surface area contributed by atoms with Crippen LogP contribution in [0, 0.1) is 5.92 Å². The molecule has 1 N–H and O–H groups in total. The smallest absolute Gasteiger partial charge is 0.321 e. The highest BCUT2D eigenvalue weighted by molar-refractivity contribution is 6.01. The van der Waals surface area contributed by atoms with Gasteiger partial charge in [0.05, 0.1) is 32.2 Å². The molecule has 0 saturated carbocycles. The first kappa shape index (κ1) is 15.9. The normalized spacial score (nSPS) is 18.8. The predicted molar refractivity (Wildman–Crippen MR) is 75.3 cm³/mol. The minimum atomic E-state index is -1.02. The third kappa shape index (κ3) is 4.22. The predicted octanol–water partition coefficient (Wildman–Crippen LogP) is 0.843. The fourth-order valence-electron chi connectivity index (χ4n) is 1.88. The zero-order valence-corrected chi connectivity index (χ0v) is 11.8. The zero-order valence-electron chi connectivity index (χ0n) is 11.8. The monoisotopic (exact) mass is 280 g/mol. The molecule has 1 saturated heterocycles. The number of methoxy groups -OCH3 is 2. The van der Waals surface area contributed by atoms with Gasteiger partial charge < -0.3 is 14.8 Å². The Morgan fingerprint density at radius 1 is 1.40 bits per heavy atom. The van der Waals surface area contributed by atoms with Crippen molar-refractivity contribution in [1.29, 1.82) is 0 Å². The number of ether oxygens (including phenoxy) is 2. The average Bonchev–Trinajstić information content (AvgIpc) is 2.48. The Morgan fingerprint density at radius 2 is 2.05 bits per heavy atom. The van der Waals surface area contributed by atoms with Gasteiger partial charge in [0.1, 0.15) is 0 Å². The van der Waals surface area contributed by atoms with Crippen molar-refractivity contribution in [3.63, 3.8) is 0 Å². The van der Waals surface area contributed by atoms with E-state index >= 15 is 0 Å². The van der Waals surface area contributed by atoms with Crippen LogP contribution in [0.2, 0.25) is 0 Å². The molecule has 0 aliphatic carbocycles. The summed E-state index contributed by atoms with van der Waals surface area (Å²) in [6, 6.07) is 0. The summed E-state index contributed by atoms with van der Waals surface area (Å²) < 4.78 is 9.19. The zero-order chi connectivity index (χ0) is 15.0. The van der Waals surface area contributed by atoms with Gasteiger partial charge in [-0.05, 0) is 18.9 Å². The van der Waals surface area contributed by atoms with Gasteiger partial charge in [0, 0.05) is 6.54 Å². The Balaban J connectivity index is 2.84. The molecule has 1 aliphatic rings. The summed E-state index contributed by atoms with van der Waals surface area (Å²) in [5, 5.41) is 3.21. The second kappa shape index (κ2) is 8.14. The molecule has 1 aliphatic heterocycles. The first-order chi connectivity index (χ1) is 9.63. The maximum Gasteiger partial charge on any atom is 0.321 e. The number of allylic oxidation sites excluding steroid dienone is 3. The molecule has 6 nitrogen and oxygen atoms in total. The molecule has 1 fully saturated rings. The van der Waals surface area contributed by atoms with E-state index in [9.17, 15) is 9.59 Å². The molecule has 1 rings (SSSR count). The molecule has 0 amide bonds. The van der Waals surface area contributed by atoms with Crippen LogP contribution in [0.4, 0.5) is 0 Å². The van der Waals surface area contributed by atoms with Crippen LogP contribution in [0.1, 0.15) is 12.8 Å². The van der Waals surface area contributed by atoms with Gasteiger partial charge in [0.2, 0.25) is 0 Å². The van der Waals surface area contributed by atoms with Gasteiger partial charge in [-0.1, -0.05) is 12.7 Å². The van der Waals surface area contributed by atoms with Crippen LogP contribution in [0.5, 0.6) is 0 Å². The Hall–Kier alpha value is -2.11. The van der Waals surface area contributed by atoms with Crippen LogP contribution in [0.15, 0.2) is 29.4 Å². The molecule has 20 heavy (non-hydrogen) atoms. The van der Waals surface area contributed by atoms with Crippen LogP contribution < -0.4 is 5.32 Å². The molecular formula is C14H20N2O4. The summed E-state index contributed by atoms with van der Waals surface area (Å²) in [6.45, 7) is 4.54.